The van der Waals surface area contributed by atoms with Crippen molar-refractivity contribution in [1.29, 1.82) is 0 Å². The Hall–Kier alpha value is -2.06. The summed E-state index contributed by atoms with van der Waals surface area (Å²) in [6.45, 7) is 0.933. The zero-order valence-electron chi connectivity index (χ0n) is 18.4. The highest BCUT2D eigenvalue weighted by Gasteiger charge is 2.41. The average Bonchev–Trinajstić information content (AvgIpc) is 3.13. The van der Waals surface area contributed by atoms with Crippen LogP contribution in [0.5, 0.6) is 0 Å². The molecule has 3 aliphatic rings. The Bertz CT molecular complexity index is 838. The summed E-state index contributed by atoms with van der Waals surface area (Å²) in [6.07, 6.45) is 4.02. The lowest BCUT2D eigenvalue weighted by molar-refractivity contribution is -0.143. The molecule has 2 fully saturated rings. The van der Waals surface area contributed by atoms with Gasteiger partial charge in [-0.3, -0.25) is 14.3 Å². The van der Waals surface area contributed by atoms with Crippen molar-refractivity contribution in [3.05, 3.63) is 17.0 Å². The van der Waals surface area contributed by atoms with Gasteiger partial charge < -0.3 is 10.0 Å². The van der Waals surface area contributed by atoms with E-state index in [9.17, 15) is 22.8 Å². The van der Waals surface area contributed by atoms with Crippen LogP contribution in [0.2, 0.25) is 0 Å². The van der Waals surface area contributed by atoms with Gasteiger partial charge in [-0.25, -0.2) is 0 Å². The first kappa shape index (κ1) is 23.1. The van der Waals surface area contributed by atoms with Crippen molar-refractivity contribution in [2.75, 3.05) is 6.54 Å². The lowest BCUT2D eigenvalue weighted by Gasteiger charge is -2.32. The van der Waals surface area contributed by atoms with E-state index < -0.39 is 17.8 Å². The highest BCUT2D eigenvalue weighted by molar-refractivity contribution is 5.77. The fourth-order valence-electron chi connectivity index (χ4n) is 5.68. The van der Waals surface area contributed by atoms with E-state index in [4.69, 9.17) is 5.11 Å². The molecule has 32 heavy (non-hydrogen) atoms. The molecule has 1 N–H and O–H groups in total. The smallest absolute Gasteiger partial charge is 0.435 e. The van der Waals surface area contributed by atoms with Gasteiger partial charge in [-0.15, -0.1) is 0 Å². The summed E-state index contributed by atoms with van der Waals surface area (Å²) in [7, 11) is 0. The molecular formula is C23H32F3N3O3. The van der Waals surface area contributed by atoms with Gasteiger partial charge in [0, 0.05) is 25.1 Å². The van der Waals surface area contributed by atoms with Crippen LogP contribution < -0.4 is 0 Å². The number of nitrogens with zero attached hydrogens (tertiary/aromatic N) is 3. The van der Waals surface area contributed by atoms with Crippen LogP contribution in [0.25, 0.3) is 0 Å². The summed E-state index contributed by atoms with van der Waals surface area (Å²) in [5.74, 6) is -0.658. The molecule has 0 aromatic carbocycles. The number of amides is 1. The normalized spacial score (nSPS) is 24.9. The molecule has 0 spiro atoms. The van der Waals surface area contributed by atoms with Crippen LogP contribution in [-0.4, -0.2) is 38.2 Å². The maximum Gasteiger partial charge on any atom is 0.435 e. The number of hydrogen-bond donors (Lipinski definition) is 1. The van der Waals surface area contributed by atoms with Crippen molar-refractivity contribution >= 4 is 11.9 Å². The molecule has 0 unspecified atom stereocenters. The van der Waals surface area contributed by atoms with Gasteiger partial charge in [-0.1, -0.05) is 19.3 Å². The van der Waals surface area contributed by atoms with Crippen LogP contribution in [0.4, 0.5) is 13.2 Å². The van der Waals surface area contributed by atoms with Crippen LogP contribution in [0, 0.1) is 17.8 Å². The SMILES string of the molecule is O=C(C[C@H]1CC[C@H](C(=O)O)CC1)N1CCc2c(C(F)(F)F)nn(CC3CCCCC3)c2C1. The van der Waals surface area contributed by atoms with Crippen molar-refractivity contribution in [3.63, 3.8) is 0 Å². The predicted molar refractivity (Wildman–Crippen MR) is 111 cm³/mol. The Labute approximate surface area is 186 Å². The number of fused-ring (bicyclic) bond motifs is 1. The second kappa shape index (κ2) is 9.43. The highest BCUT2D eigenvalue weighted by atomic mass is 19.4. The molecule has 1 amide bonds. The summed E-state index contributed by atoms with van der Waals surface area (Å²) in [6, 6.07) is 0. The molecule has 0 atom stereocenters. The minimum Gasteiger partial charge on any atom is -0.481 e. The molecular weight excluding hydrogens is 423 g/mol. The van der Waals surface area contributed by atoms with Gasteiger partial charge in [-0.2, -0.15) is 18.3 Å². The zero-order valence-corrected chi connectivity index (χ0v) is 18.4. The molecule has 0 radical (unpaired) electrons. The first-order valence-electron chi connectivity index (χ1n) is 11.9. The topological polar surface area (TPSA) is 75.4 Å². The average molecular weight is 456 g/mol. The highest BCUT2D eigenvalue weighted by Crippen LogP contribution is 2.37. The third-order valence-electron chi connectivity index (χ3n) is 7.58. The summed E-state index contributed by atoms with van der Waals surface area (Å²) >= 11 is 0. The van der Waals surface area contributed by atoms with E-state index in [-0.39, 0.29) is 42.8 Å². The van der Waals surface area contributed by atoms with Crippen LogP contribution in [0.15, 0.2) is 0 Å². The standard InChI is InChI=1S/C23H32F3N3O3/c24-23(25,26)21-18-10-11-28(20(30)12-15-6-8-17(9-7-15)22(31)32)14-19(18)29(27-21)13-16-4-2-1-3-5-16/h15-17H,1-14H2,(H,31,32)/t15-,17-. The van der Waals surface area contributed by atoms with Crippen LogP contribution >= 0.6 is 0 Å². The van der Waals surface area contributed by atoms with Crippen molar-refractivity contribution in [3.8, 4) is 0 Å². The first-order chi connectivity index (χ1) is 15.2. The van der Waals surface area contributed by atoms with E-state index in [1.165, 1.54) is 11.1 Å². The van der Waals surface area contributed by atoms with Crippen LogP contribution in [0.3, 0.4) is 0 Å². The van der Waals surface area contributed by atoms with Crippen molar-refractivity contribution < 1.29 is 27.9 Å². The summed E-state index contributed by atoms with van der Waals surface area (Å²) in [4.78, 5) is 25.8. The minimum absolute atomic E-state index is 0.0478. The van der Waals surface area contributed by atoms with E-state index in [0.29, 0.717) is 50.3 Å². The molecule has 2 heterocycles. The second-order valence-corrected chi connectivity index (χ2v) is 9.78. The second-order valence-electron chi connectivity index (χ2n) is 9.78. The van der Waals surface area contributed by atoms with E-state index >= 15 is 0 Å². The van der Waals surface area contributed by atoms with Gasteiger partial charge in [0.15, 0.2) is 5.69 Å². The molecule has 1 aromatic heterocycles. The number of rotatable bonds is 5. The third-order valence-corrected chi connectivity index (χ3v) is 7.58. The van der Waals surface area contributed by atoms with Crippen LogP contribution in [-0.2, 0) is 35.3 Å². The van der Waals surface area contributed by atoms with E-state index in [0.717, 1.165) is 25.7 Å². The van der Waals surface area contributed by atoms with Crippen LogP contribution in [0.1, 0.15) is 81.2 Å². The Morgan fingerprint density at radius 3 is 2.31 bits per heavy atom. The molecule has 6 nitrogen and oxygen atoms in total. The lowest BCUT2D eigenvalue weighted by atomic mass is 9.80. The summed E-state index contributed by atoms with van der Waals surface area (Å²) in [5.41, 5.74) is -0.00110. The zero-order chi connectivity index (χ0) is 22.9. The molecule has 178 valence electrons. The fourth-order valence-corrected chi connectivity index (χ4v) is 5.68. The largest absolute Gasteiger partial charge is 0.481 e. The van der Waals surface area contributed by atoms with Crippen molar-refractivity contribution in [2.45, 2.75) is 89.9 Å². The van der Waals surface area contributed by atoms with Gasteiger partial charge >= 0.3 is 12.1 Å². The number of carbonyl (C=O) groups is 2. The Morgan fingerprint density at radius 1 is 1.00 bits per heavy atom. The van der Waals surface area contributed by atoms with E-state index in [1.807, 2.05) is 0 Å². The van der Waals surface area contributed by atoms with Gasteiger partial charge in [0.05, 0.1) is 18.2 Å². The number of carbonyl (C=O) groups excluding carboxylic acids is 1. The molecule has 2 aliphatic carbocycles. The Balaban J connectivity index is 1.45. The lowest BCUT2D eigenvalue weighted by Crippen LogP contribution is -2.38. The maximum absolute atomic E-state index is 13.6. The van der Waals surface area contributed by atoms with E-state index in [2.05, 4.69) is 5.10 Å². The quantitative estimate of drug-likeness (QED) is 0.701. The number of carboxylic acid groups (broad SMARTS) is 1. The third kappa shape index (κ3) is 5.12. The number of aromatic nitrogens is 2. The van der Waals surface area contributed by atoms with Gasteiger partial charge in [0.2, 0.25) is 5.91 Å². The molecule has 0 saturated heterocycles. The van der Waals surface area contributed by atoms with Crippen molar-refractivity contribution in [2.24, 2.45) is 17.8 Å². The number of halogens is 3. The summed E-state index contributed by atoms with van der Waals surface area (Å²) < 4.78 is 42.4. The fraction of sp³-hybridized carbons (Fsp3) is 0.783. The number of aliphatic carboxylic acids is 1. The van der Waals surface area contributed by atoms with Crippen molar-refractivity contribution in [1.82, 2.24) is 14.7 Å². The number of alkyl halides is 3. The molecule has 1 aliphatic heterocycles. The Morgan fingerprint density at radius 2 is 1.69 bits per heavy atom. The molecule has 2 saturated carbocycles. The molecule has 9 heteroatoms. The predicted octanol–water partition coefficient (Wildman–Crippen LogP) is 4.65. The van der Waals surface area contributed by atoms with Gasteiger partial charge in [0.25, 0.3) is 0 Å². The Kier molecular flexibility index (Phi) is 6.81. The molecule has 4 rings (SSSR count). The molecule has 1 aromatic rings. The number of carboxylic acids is 1. The maximum atomic E-state index is 13.6. The monoisotopic (exact) mass is 455 g/mol. The summed E-state index contributed by atoms with van der Waals surface area (Å²) in [5, 5.41) is 13.1. The van der Waals surface area contributed by atoms with Gasteiger partial charge in [0.1, 0.15) is 0 Å². The minimum atomic E-state index is -4.49. The van der Waals surface area contributed by atoms with Gasteiger partial charge in [-0.05, 0) is 56.8 Å². The van der Waals surface area contributed by atoms with E-state index in [1.54, 1.807) is 4.90 Å². The number of hydrogen-bond acceptors (Lipinski definition) is 3. The molecule has 0 bridgehead atoms. The first-order valence-corrected chi connectivity index (χ1v) is 11.9.